The Hall–Kier alpha value is -2.49. The first-order chi connectivity index (χ1) is 11.2. The van der Waals surface area contributed by atoms with Crippen molar-refractivity contribution in [2.75, 3.05) is 18.1 Å². The molecule has 0 unspecified atom stereocenters. The number of hydrogen-bond acceptors (Lipinski definition) is 3. The Bertz CT molecular complexity index is 681. The Labute approximate surface area is 136 Å². The van der Waals surface area contributed by atoms with Gasteiger partial charge in [-0.2, -0.15) is 0 Å². The van der Waals surface area contributed by atoms with Gasteiger partial charge in [-0.3, -0.25) is 4.79 Å². The zero-order chi connectivity index (χ0) is 16.2. The van der Waals surface area contributed by atoms with Gasteiger partial charge in [0.15, 0.2) is 0 Å². The first-order valence-electron chi connectivity index (χ1n) is 7.99. The molecule has 1 atom stereocenters. The van der Waals surface area contributed by atoms with Crippen LogP contribution in [0.25, 0.3) is 0 Å². The highest BCUT2D eigenvalue weighted by Gasteiger charge is 2.27. The van der Waals surface area contributed by atoms with Crippen LogP contribution in [0.4, 0.5) is 5.69 Å². The van der Waals surface area contributed by atoms with Gasteiger partial charge < -0.3 is 14.4 Å². The van der Waals surface area contributed by atoms with E-state index in [1.54, 1.807) is 4.90 Å². The second-order valence-electron chi connectivity index (χ2n) is 5.68. The minimum absolute atomic E-state index is 0.0189. The Morgan fingerprint density at radius 2 is 1.96 bits per heavy atom. The summed E-state index contributed by atoms with van der Waals surface area (Å²) in [6, 6.07) is 15.0. The highest BCUT2D eigenvalue weighted by atomic mass is 16.5. The molecule has 0 saturated carbocycles. The summed E-state index contributed by atoms with van der Waals surface area (Å²) in [5.74, 6) is 1.52. The first-order valence-corrected chi connectivity index (χ1v) is 7.99. The normalized spacial score (nSPS) is 16.4. The van der Waals surface area contributed by atoms with Crippen molar-refractivity contribution in [3.63, 3.8) is 0 Å². The molecular weight excluding hydrogens is 290 g/mol. The Morgan fingerprint density at radius 3 is 2.70 bits per heavy atom. The molecule has 0 aromatic heterocycles. The number of rotatable bonds is 4. The second kappa shape index (κ2) is 6.73. The Kier molecular flexibility index (Phi) is 4.51. The molecule has 4 heteroatoms. The molecule has 0 saturated heterocycles. The van der Waals surface area contributed by atoms with Crippen molar-refractivity contribution in [2.24, 2.45) is 0 Å². The van der Waals surface area contributed by atoms with E-state index in [9.17, 15) is 4.79 Å². The number of benzene rings is 2. The predicted molar refractivity (Wildman–Crippen MR) is 90.4 cm³/mol. The zero-order valence-electron chi connectivity index (χ0n) is 13.5. The van der Waals surface area contributed by atoms with Crippen molar-refractivity contribution in [3.8, 4) is 11.5 Å². The van der Waals surface area contributed by atoms with E-state index in [-0.39, 0.29) is 12.0 Å². The van der Waals surface area contributed by atoms with E-state index in [1.165, 1.54) is 0 Å². The van der Waals surface area contributed by atoms with E-state index in [0.717, 1.165) is 23.6 Å². The number of anilines is 1. The molecule has 1 amide bonds. The van der Waals surface area contributed by atoms with Crippen molar-refractivity contribution < 1.29 is 14.3 Å². The van der Waals surface area contributed by atoms with Crippen molar-refractivity contribution in [3.05, 3.63) is 54.1 Å². The highest BCUT2D eigenvalue weighted by Crippen LogP contribution is 2.34. The number of nitrogens with zero attached hydrogens (tertiary/aromatic N) is 1. The summed E-state index contributed by atoms with van der Waals surface area (Å²) in [5.41, 5.74) is 1.47. The van der Waals surface area contributed by atoms with Crippen LogP contribution in [0, 0.1) is 0 Å². The lowest BCUT2D eigenvalue weighted by atomic mass is 10.1. The second-order valence-corrected chi connectivity index (χ2v) is 5.68. The summed E-state index contributed by atoms with van der Waals surface area (Å²) < 4.78 is 11.4. The molecule has 3 rings (SSSR count). The van der Waals surface area contributed by atoms with Gasteiger partial charge in [0.05, 0.1) is 18.8 Å². The van der Waals surface area contributed by atoms with Gasteiger partial charge >= 0.3 is 0 Å². The number of amides is 1. The number of fused-ring (bicyclic) bond motifs is 1. The average molecular weight is 311 g/mol. The standard InChI is InChI=1S/C19H21NO3/c1-3-12-22-16-10-8-15(9-11-16)19(21)20-13-14(2)23-18-7-5-4-6-17(18)20/h4-11,14H,3,12-13H2,1-2H3/t14-/m0/s1. The lowest BCUT2D eigenvalue weighted by Crippen LogP contribution is -2.42. The lowest BCUT2D eigenvalue weighted by molar-refractivity contribution is 0.0961. The van der Waals surface area contributed by atoms with E-state index < -0.39 is 0 Å². The van der Waals surface area contributed by atoms with Gasteiger partial charge in [-0.25, -0.2) is 0 Å². The fraction of sp³-hybridized carbons (Fsp3) is 0.316. The summed E-state index contributed by atoms with van der Waals surface area (Å²) in [5, 5.41) is 0. The van der Waals surface area contributed by atoms with E-state index in [1.807, 2.05) is 55.5 Å². The van der Waals surface area contributed by atoms with E-state index in [4.69, 9.17) is 9.47 Å². The van der Waals surface area contributed by atoms with Crippen molar-refractivity contribution in [2.45, 2.75) is 26.4 Å². The molecule has 2 aromatic rings. The number of carbonyl (C=O) groups is 1. The number of para-hydroxylation sites is 2. The quantitative estimate of drug-likeness (QED) is 0.859. The molecular formula is C19H21NO3. The molecule has 0 N–H and O–H groups in total. The van der Waals surface area contributed by atoms with E-state index in [2.05, 4.69) is 6.92 Å². The Morgan fingerprint density at radius 1 is 1.22 bits per heavy atom. The number of carbonyl (C=O) groups excluding carboxylic acids is 1. The highest BCUT2D eigenvalue weighted by molar-refractivity contribution is 6.07. The van der Waals surface area contributed by atoms with Gasteiger partial charge in [0.1, 0.15) is 17.6 Å². The fourth-order valence-electron chi connectivity index (χ4n) is 2.65. The summed E-state index contributed by atoms with van der Waals surface area (Å²) >= 11 is 0. The summed E-state index contributed by atoms with van der Waals surface area (Å²) in [6.07, 6.45) is 0.935. The molecule has 1 heterocycles. The van der Waals surface area contributed by atoms with Gasteiger partial charge in [-0.1, -0.05) is 19.1 Å². The third kappa shape index (κ3) is 3.31. The van der Waals surface area contributed by atoms with Crippen LogP contribution in [0.1, 0.15) is 30.6 Å². The molecule has 0 bridgehead atoms. The van der Waals surface area contributed by atoms with Crippen LogP contribution in [0.5, 0.6) is 11.5 Å². The molecule has 4 nitrogen and oxygen atoms in total. The van der Waals surface area contributed by atoms with Crippen LogP contribution >= 0.6 is 0 Å². The van der Waals surface area contributed by atoms with Gasteiger partial charge in [0, 0.05) is 5.56 Å². The number of hydrogen-bond donors (Lipinski definition) is 0. The van der Waals surface area contributed by atoms with Gasteiger partial charge in [-0.05, 0) is 49.7 Å². The maximum Gasteiger partial charge on any atom is 0.258 e. The molecule has 23 heavy (non-hydrogen) atoms. The molecule has 2 aromatic carbocycles. The topological polar surface area (TPSA) is 38.8 Å². The molecule has 1 aliphatic heterocycles. The van der Waals surface area contributed by atoms with Crippen molar-refractivity contribution in [1.29, 1.82) is 0 Å². The molecule has 0 aliphatic carbocycles. The molecule has 0 spiro atoms. The summed E-state index contributed by atoms with van der Waals surface area (Å²) in [4.78, 5) is 14.6. The minimum Gasteiger partial charge on any atom is -0.494 e. The van der Waals surface area contributed by atoms with Crippen LogP contribution < -0.4 is 14.4 Å². The zero-order valence-corrected chi connectivity index (χ0v) is 13.5. The van der Waals surface area contributed by atoms with Crippen molar-refractivity contribution >= 4 is 11.6 Å². The minimum atomic E-state index is -0.0268. The van der Waals surface area contributed by atoms with Crippen LogP contribution in [0.2, 0.25) is 0 Å². The van der Waals surface area contributed by atoms with Crippen LogP contribution in [0.3, 0.4) is 0 Å². The number of ether oxygens (including phenoxy) is 2. The SMILES string of the molecule is CCCOc1ccc(C(=O)N2C[C@H](C)Oc3ccccc32)cc1. The monoisotopic (exact) mass is 311 g/mol. The third-order valence-corrected chi connectivity index (χ3v) is 3.74. The third-order valence-electron chi connectivity index (χ3n) is 3.74. The molecule has 120 valence electrons. The fourth-order valence-corrected chi connectivity index (χ4v) is 2.65. The van der Waals surface area contributed by atoms with Crippen molar-refractivity contribution in [1.82, 2.24) is 0 Å². The maximum atomic E-state index is 12.9. The van der Waals surface area contributed by atoms with Gasteiger partial charge in [0.25, 0.3) is 5.91 Å². The Balaban J connectivity index is 1.83. The average Bonchev–Trinajstić information content (AvgIpc) is 2.59. The van der Waals surface area contributed by atoms with Crippen LogP contribution in [0.15, 0.2) is 48.5 Å². The predicted octanol–water partition coefficient (Wildman–Crippen LogP) is 3.90. The summed E-state index contributed by atoms with van der Waals surface area (Å²) in [7, 11) is 0. The molecule has 0 radical (unpaired) electrons. The van der Waals surface area contributed by atoms with Gasteiger partial charge in [-0.15, -0.1) is 0 Å². The lowest BCUT2D eigenvalue weighted by Gasteiger charge is -2.33. The smallest absolute Gasteiger partial charge is 0.258 e. The van der Waals surface area contributed by atoms with Gasteiger partial charge in [0.2, 0.25) is 0 Å². The van der Waals surface area contributed by atoms with E-state index >= 15 is 0 Å². The van der Waals surface area contributed by atoms with Crippen LogP contribution in [-0.2, 0) is 0 Å². The van der Waals surface area contributed by atoms with E-state index in [0.29, 0.717) is 18.7 Å². The molecule has 1 aliphatic rings. The largest absolute Gasteiger partial charge is 0.494 e. The van der Waals surface area contributed by atoms with Crippen LogP contribution in [-0.4, -0.2) is 25.2 Å². The first kappa shape index (κ1) is 15.4. The molecule has 0 fully saturated rings. The maximum absolute atomic E-state index is 12.9. The summed E-state index contributed by atoms with van der Waals surface area (Å²) in [6.45, 7) is 5.26.